The van der Waals surface area contributed by atoms with E-state index in [0.29, 0.717) is 23.1 Å². The van der Waals surface area contributed by atoms with Crippen LogP contribution in [-0.4, -0.2) is 27.8 Å². The first kappa shape index (κ1) is 17.2. The molecular formula is C20H18N4O2S. The predicted octanol–water partition coefficient (Wildman–Crippen LogP) is 3.89. The van der Waals surface area contributed by atoms with Gasteiger partial charge in [0.2, 0.25) is 5.88 Å². The number of benzene rings is 2. The minimum Gasteiger partial charge on any atom is -0.479 e. The Morgan fingerprint density at radius 1 is 1.15 bits per heavy atom. The lowest BCUT2D eigenvalue weighted by molar-refractivity contribution is 0.0982. The van der Waals surface area contributed by atoms with Crippen molar-refractivity contribution in [2.24, 2.45) is 7.05 Å². The number of hydrogen-bond acceptors (Lipinski definition) is 5. The van der Waals surface area contributed by atoms with Crippen LogP contribution in [0.1, 0.15) is 15.9 Å². The van der Waals surface area contributed by atoms with Crippen LogP contribution in [0.3, 0.4) is 0 Å². The van der Waals surface area contributed by atoms with Gasteiger partial charge in [-0.2, -0.15) is 0 Å². The van der Waals surface area contributed by atoms with Gasteiger partial charge in [-0.1, -0.05) is 53.8 Å². The first-order valence-electron chi connectivity index (χ1n) is 8.44. The van der Waals surface area contributed by atoms with Crippen molar-refractivity contribution in [2.45, 2.75) is 6.54 Å². The van der Waals surface area contributed by atoms with Crippen LogP contribution >= 0.6 is 11.3 Å². The fraction of sp³-hybridized carbons (Fsp3) is 0.150. The van der Waals surface area contributed by atoms with Crippen LogP contribution in [0.2, 0.25) is 0 Å². The van der Waals surface area contributed by atoms with Gasteiger partial charge >= 0.3 is 0 Å². The van der Waals surface area contributed by atoms with Crippen LogP contribution in [0.4, 0.5) is 5.13 Å². The summed E-state index contributed by atoms with van der Waals surface area (Å²) in [6, 6.07) is 17.7. The molecule has 2 aromatic heterocycles. The van der Waals surface area contributed by atoms with Gasteiger partial charge in [0, 0.05) is 13.2 Å². The molecule has 0 bridgehead atoms. The molecule has 0 N–H and O–H groups in total. The summed E-state index contributed by atoms with van der Waals surface area (Å²) in [6.07, 6.45) is 1.67. The predicted molar refractivity (Wildman–Crippen MR) is 106 cm³/mol. The van der Waals surface area contributed by atoms with Gasteiger partial charge in [0.1, 0.15) is 5.56 Å². The van der Waals surface area contributed by atoms with Crippen LogP contribution < -0.4 is 9.64 Å². The van der Waals surface area contributed by atoms with Crippen molar-refractivity contribution < 1.29 is 9.53 Å². The molecule has 0 spiro atoms. The number of carbonyl (C=O) groups is 1. The summed E-state index contributed by atoms with van der Waals surface area (Å²) >= 11 is 1.49. The van der Waals surface area contributed by atoms with Crippen LogP contribution in [-0.2, 0) is 13.6 Å². The van der Waals surface area contributed by atoms with Gasteiger partial charge in [0.25, 0.3) is 5.91 Å². The summed E-state index contributed by atoms with van der Waals surface area (Å²) in [5.41, 5.74) is 2.31. The maximum atomic E-state index is 13.4. The van der Waals surface area contributed by atoms with E-state index in [9.17, 15) is 4.79 Å². The molecule has 0 atom stereocenters. The summed E-state index contributed by atoms with van der Waals surface area (Å²) in [7, 11) is 3.27. The van der Waals surface area contributed by atoms with E-state index >= 15 is 0 Å². The Balaban J connectivity index is 1.78. The molecule has 2 aromatic carbocycles. The molecule has 0 saturated carbocycles. The first-order chi connectivity index (χ1) is 13.2. The van der Waals surface area contributed by atoms with Gasteiger partial charge in [-0.25, -0.2) is 4.98 Å². The number of ether oxygens (including phenoxy) is 1. The number of aryl methyl sites for hydroxylation is 1. The molecule has 4 rings (SSSR count). The van der Waals surface area contributed by atoms with Crippen molar-refractivity contribution in [3.8, 4) is 5.88 Å². The van der Waals surface area contributed by atoms with Crippen LogP contribution in [0.5, 0.6) is 5.88 Å². The van der Waals surface area contributed by atoms with Crippen molar-refractivity contribution in [3.63, 3.8) is 0 Å². The summed E-state index contributed by atoms with van der Waals surface area (Å²) in [5, 5.41) is 4.86. The monoisotopic (exact) mass is 378 g/mol. The average Bonchev–Trinajstić information content (AvgIpc) is 3.29. The number of methoxy groups -OCH3 is 1. The second-order valence-electron chi connectivity index (χ2n) is 6.07. The Bertz CT molecular complexity index is 1050. The lowest BCUT2D eigenvalue weighted by atomic mass is 10.2. The molecule has 6 nitrogen and oxygen atoms in total. The highest BCUT2D eigenvalue weighted by molar-refractivity contribution is 7.22. The zero-order chi connectivity index (χ0) is 18.8. The number of nitrogens with zero attached hydrogens (tertiary/aromatic N) is 4. The standard InChI is InChI=1S/C20H18N4O2S/c1-23-13-15(18(22-23)26-2)19(25)24(12-14-8-4-3-5-9-14)20-21-16-10-6-7-11-17(16)27-20/h3-11,13H,12H2,1-2H3. The SMILES string of the molecule is COc1nn(C)cc1C(=O)N(Cc1ccccc1)c1nc2ccccc2s1. The Labute approximate surface area is 160 Å². The number of anilines is 1. The molecule has 1 amide bonds. The van der Waals surface area contributed by atoms with Crippen LogP contribution in [0, 0.1) is 0 Å². The topological polar surface area (TPSA) is 60.3 Å². The number of carbonyl (C=O) groups excluding carboxylic acids is 1. The zero-order valence-corrected chi connectivity index (χ0v) is 15.8. The zero-order valence-electron chi connectivity index (χ0n) is 15.0. The Morgan fingerprint density at radius 3 is 2.63 bits per heavy atom. The fourth-order valence-corrected chi connectivity index (χ4v) is 3.84. The van der Waals surface area contributed by atoms with Crippen LogP contribution in [0.25, 0.3) is 10.2 Å². The van der Waals surface area contributed by atoms with Gasteiger partial charge < -0.3 is 4.74 Å². The van der Waals surface area contributed by atoms with Gasteiger partial charge in [0.15, 0.2) is 5.13 Å². The molecule has 7 heteroatoms. The largest absolute Gasteiger partial charge is 0.479 e. The van der Waals surface area contributed by atoms with Crippen molar-refractivity contribution in [3.05, 3.63) is 71.9 Å². The summed E-state index contributed by atoms with van der Waals surface area (Å²) in [4.78, 5) is 19.7. The van der Waals surface area contributed by atoms with E-state index in [1.807, 2.05) is 54.6 Å². The normalized spacial score (nSPS) is 10.9. The number of thiazole rings is 1. The minimum absolute atomic E-state index is 0.192. The van der Waals surface area contributed by atoms with E-state index in [4.69, 9.17) is 4.74 Å². The van der Waals surface area contributed by atoms with Crippen molar-refractivity contribution in [1.29, 1.82) is 0 Å². The second-order valence-corrected chi connectivity index (χ2v) is 7.08. The third kappa shape index (κ3) is 3.41. The Morgan fingerprint density at radius 2 is 1.89 bits per heavy atom. The molecule has 0 aliphatic heterocycles. The summed E-state index contributed by atoms with van der Waals surface area (Å²) < 4.78 is 7.90. The van der Waals surface area contributed by atoms with Crippen molar-refractivity contribution in [1.82, 2.24) is 14.8 Å². The van der Waals surface area contributed by atoms with Crippen molar-refractivity contribution in [2.75, 3.05) is 12.0 Å². The molecule has 4 aromatic rings. The molecular weight excluding hydrogens is 360 g/mol. The number of rotatable bonds is 5. The molecule has 0 aliphatic rings. The van der Waals surface area contributed by atoms with Crippen LogP contribution in [0.15, 0.2) is 60.8 Å². The smallest absolute Gasteiger partial charge is 0.267 e. The fourth-order valence-electron chi connectivity index (χ4n) is 2.88. The molecule has 27 heavy (non-hydrogen) atoms. The first-order valence-corrected chi connectivity index (χ1v) is 9.26. The lowest BCUT2D eigenvalue weighted by Crippen LogP contribution is -2.30. The quantitative estimate of drug-likeness (QED) is 0.529. The molecule has 0 saturated heterocycles. The maximum Gasteiger partial charge on any atom is 0.267 e. The van der Waals surface area contributed by atoms with Crippen molar-refractivity contribution >= 4 is 32.6 Å². The third-order valence-corrected chi connectivity index (χ3v) is 5.22. The number of fused-ring (bicyclic) bond motifs is 1. The highest BCUT2D eigenvalue weighted by Crippen LogP contribution is 2.31. The molecule has 136 valence electrons. The van der Waals surface area contributed by atoms with Gasteiger partial charge in [-0.15, -0.1) is 5.10 Å². The summed E-state index contributed by atoms with van der Waals surface area (Å²) in [6.45, 7) is 0.414. The van der Waals surface area contributed by atoms with E-state index in [1.165, 1.54) is 18.4 Å². The van der Waals surface area contributed by atoms with E-state index in [-0.39, 0.29) is 5.91 Å². The highest BCUT2D eigenvalue weighted by Gasteiger charge is 2.26. The van der Waals surface area contributed by atoms with E-state index in [0.717, 1.165) is 15.8 Å². The number of para-hydroxylation sites is 1. The maximum absolute atomic E-state index is 13.4. The summed E-state index contributed by atoms with van der Waals surface area (Å²) in [5.74, 6) is 0.115. The minimum atomic E-state index is -0.192. The molecule has 0 unspecified atom stereocenters. The van der Waals surface area contributed by atoms with E-state index in [1.54, 1.807) is 22.8 Å². The third-order valence-electron chi connectivity index (χ3n) is 4.16. The van der Waals surface area contributed by atoms with E-state index in [2.05, 4.69) is 10.1 Å². The molecule has 0 aliphatic carbocycles. The number of amides is 1. The number of aromatic nitrogens is 3. The number of hydrogen-bond donors (Lipinski definition) is 0. The second kappa shape index (κ2) is 7.20. The molecule has 2 heterocycles. The van der Waals surface area contributed by atoms with Gasteiger partial charge in [0.05, 0.1) is 23.9 Å². The van der Waals surface area contributed by atoms with Gasteiger partial charge in [-0.05, 0) is 17.7 Å². The van der Waals surface area contributed by atoms with Gasteiger partial charge in [-0.3, -0.25) is 14.4 Å². The Hall–Kier alpha value is -3.19. The molecule has 0 fully saturated rings. The van der Waals surface area contributed by atoms with E-state index < -0.39 is 0 Å². The average molecular weight is 378 g/mol. The molecule has 0 radical (unpaired) electrons. The lowest BCUT2D eigenvalue weighted by Gasteiger charge is -2.19. The Kier molecular flexibility index (Phi) is 4.60. The highest BCUT2D eigenvalue weighted by atomic mass is 32.1.